The molecule has 0 amide bonds. The fourth-order valence-electron chi connectivity index (χ4n) is 3.99. The Labute approximate surface area is 162 Å². The van der Waals surface area contributed by atoms with Crippen LogP contribution in [-0.2, 0) is 16.1 Å². The van der Waals surface area contributed by atoms with E-state index in [9.17, 15) is 0 Å². The highest BCUT2D eigenvalue weighted by Crippen LogP contribution is 2.47. The highest BCUT2D eigenvalue weighted by molar-refractivity contribution is 6.01. The topological polar surface area (TPSA) is 55.4 Å². The summed E-state index contributed by atoms with van der Waals surface area (Å²) in [6, 6.07) is 12.1. The van der Waals surface area contributed by atoms with Crippen LogP contribution in [0, 0.1) is 0 Å². The van der Waals surface area contributed by atoms with Gasteiger partial charge in [-0.25, -0.2) is 0 Å². The van der Waals surface area contributed by atoms with Crippen LogP contribution in [0.2, 0.25) is 0 Å². The molecule has 3 aromatic carbocycles. The highest BCUT2D eigenvalue weighted by Gasteiger charge is 2.30. The molecule has 0 aliphatic carbocycles. The molecule has 1 atom stereocenters. The van der Waals surface area contributed by atoms with E-state index in [0.29, 0.717) is 18.1 Å². The molecule has 0 radical (unpaired) electrons. The largest absolute Gasteiger partial charge is 0.493 e. The summed E-state index contributed by atoms with van der Waals surface area (Å²) < 4.78 is 33.6. The third-order valence-corrected chi connectivity index (χ3v) is 5.27. The molecule has 144 valence electrons. The van der Waals surface area contributed by atoms with Crippen LogP contribution in [0.1, 0.15) is 17.4 Å². The van der Waals surface area contributed by atoms with Gasteiger partial charge in [0.05, 0.1) is 20.8 Å². The fraction of sp³-hybridized carbons (Fsp3) is 0.273. The average Bonchev–Trinajstić information content (AvgIpc) is 3.36. The number of rotatable bonds is 4. The number of fused-ring (bicyclic) bond motifs is 3. The van der Waals surface area contributed by atoms with Gasteiger partial charge in [-0.15, -0.1) is 0 Å². The first-order chi connectivity index (χ1) is 13.7. The minimum Gasteiger partial charge on any atom is -0.493 e. The van der Waals surface area contributed by atoms with Gasteiger partial charge in [0.15, 0.2) is 29.3 Å². The van der Waals surface area contributed by atoms with Crippen molar-refractivity contribution in [2.75, 3.05) is 28.1 Å². The van der Waals surface area contributed by atoms with Gasteiger partial charge in [0.2, 0.25) is 6.79 Å². The van der Waals surface area contributed by atoms with Gasteiger partial charge in [-0.2, -0.15) is 0 Å². The standard InChI is InChI=1S/C22H20O6/c1-23-17-8-13-6-14-10-26-22(25-3)21(14)20(15(13)9-18(17)24-2)12-4-5-16-19(7-12)28-11-27-16/h4-9,22H,10-11H2,1-3H3. The van der Waals surface area contributed by atoms with Gasteiger partial charge in [0.1, 0.15) is 0 Å². The molecule has 0 spiro atoms. The second-order valence-electron chi connectivity index (χ2n) is 6.70. The van der Waals surface area contributed by atoms with Crippen LogP contribution in [-0.4, -0.2) is 28.1 Å². The lowest BCUT2D eigenvalue weighted by Gasteiger charge is -2.18. The molecule has 0 saturated carbocycles. The second kappa shape index (κ2) is 6.58. The zero-order valence-electron chi connectivity index (χ0n) is 15.9. The third-order valence-electron chi connectivity index (χ3n) is 5.27. The molecular weight excluding hydrogens is 360 g/mol. The van der Waals surface area contributed by atoms with Crippen molar-refractivity contribution >= 4 is 10.8 Å². The molecule has 6 nitrogen and oxygen atoms in total. The van der Waals surface area contributed by atoms with E-state index in [1.54, 1.807) is 21.3 Å². The Morgan fingerprint density at radius 1 is 0.893 bits per heavy atom. The number of methoxy groups -OCH3 is 3. The molecule has 0 saturated heterocycles. The lowest BCUT2D eigenvalue weighted by Crippen LogP contribution is -2.01. The Kier molecular flexibility index (Phi) is 4.03. The normalized spacial score (nSPS) is 17.0. The summed E-state index contributed by atoms with van der Waals surface area (Å²) in [7, 11) is 4.93. The van der Waals surface area contributed by atoms with Crippen LogP contribution >= 0.6 is 0 Å². The van der Waals surface area contributed by atoms with E-state index in [1.807, 2.05) is 30.3 Å². The minimum absolute atomic E-state index is 0.237. The summed E-state index contributed by atoms with van der Waals surface area (Å²) >= 11 is 0. The van der Waals surface area contributed by atoms with Crippen LogP contribution < -0.4 is 18.9 Å². The lowest BCUT2D eigenvalue weighted by atomic mass is 9.90. The van der Waals surface area contributed by atoms with Crippen LogP contribution in [0.5, 0.6) is 23.0 Å². The van der Waals surface area contributed by atoms with Crippen LogP contribution in [0.15, 0.2) is 36.4 Å². The Morgan fingerprint density at radius 2 is 1.68 bits per heavy atom. The van der Waals surface area contributed by atoms with Gasteiger partial charge in [-0.3, -0.25) is 0 Å². The summed E-state index contributed by atoms with van der Waals surface area (Å²) in [5, 5.41) is 2.08. The van der Waals surface area contributed by atoms with Crippen molar-refractivity contribution in [3.63, 3.8) is 0 Å². The van der Waals surface area contributed by atoms with Crippen molar-refractivity contribution in [2.24, 2.45) is 0 Å². The molecule has 2 heterocycles. The first kappa shape index (κ1) is 17.2. The van der Waals surface area contributed by atoms with E-state index in [0.717, 1.165) is 44.5 Å². The molecule has 2 aliphatic heterocycles. The summed E-state index contributed by atoms with van der Waals surface area (Å²) in [4.78, 5) is 0. The summed E-state index contributed by atoms with van der Waals surface area (Å²) in [5.74, 6) is 2.84. The zero-order chi connectivity index (χ0) is 19.3. The predicted octanol–water partition coefficient (Wildman–Crippen LogP) is 4.43. The number of benzene rings is 3. The van der Waals surface area contributed by atoms with Gasteiger partial charge >= 0.3 is 0 Å². The lowest BCUT2D eigenvalue weighted by molar-refractivity contribution is -0.117. The van der Waals surface area contributed by atoms with Crippen molar-refractivity contribution in [1.29, 1.82) is 0 Å². The highest BCUT2D eigenvalue weighted by atomic mass is 16.7. The molecule has 6 heteroatoms. The van der Waals surface area contributed by atoms with Crippen molar-refractivity contribution in [3.05, 3.63) is 47.5 Å². The quantitative estimate of drug-likeness (QED) is 0.668. The molecule has 1 unspecified atom stereocenters. The average molecular weight is 380 g/mol. The van der Waals surface area contributed by atoms with E-state index < -0.39 is 6.29 Å². The summed E-state index contributed by atoms with van der Waals surface area (Å²) in [6.07, 6.45) is -0.423. The van der Waals surface area contributed by atoms with E-state index in [1.165, 1.54) is 0 Å². The zero-order valence-corrected chi connectivity index (χ0v) is 15.9. The van der Waals surface area contributed by atoms with Crippen molar-refractivity contribution in [3.8, 4) is 34.1 Å². The summed E-state index contributed by atoms with van der Waals surface area (Å²) in [6.45, 7) is 0.733. The number of hydrogen-bond acceptors (Lipinski definition) is 6. The third kappa shape index (κ3) is 2.49. The molecule has 0 bridgehead atoms. The summed E-state index contributed by atoms with van der Waals surface area (Å²) in [5.41, 5.74) is 4.17. The first-order valence-corrected chi connectivity index (χ1v) is 8.99. The van der Waals surface area contributed by atoms with E-state index in [2.05, 4.69) is 6.07 Å². The number of ether oxygens (including phenoxy) is 6. The molecule has 28 heavy (non-hydrogen) atoms. The maximum Gasteiger partial charge on any atom is 0.231 e. The molecule has 3 aromatic rings. The molecule has 0 N–H and O–H groups in total. The number of hydrogen-bond donors (Lipinski definition) is 0. The Bertz CT molecular complexity index is 1070. The minimum atomic E-state index is -0.423. The van der Waals surface area contributed by atoms with E-state index in [4.69, 9.17) is 28.4 Å². The van der Waals surface area contributed by atoms with Gasteiger partial charge in [0, 0.05) is 12.7 Å². The Balaban J connectivity index is 1.84. The fourth-order valence-corrected chi connectivity index (χ4v) is 3.99. The molecular formula is C22H20O6. The van der Waals surface area contributed by atoms with E-state index >= 15 is 0 Å². The molecule has 0 aromatic heterocycles. The van der Waals surface area contributed by atoms with Gasteiger partial charge in [0.25, 0.3) is 0 Å². The molecule has 2 aliphatic rings. The Morgan fingerprint density at radius 3 is 2.46 bits per heavy atom. The van der Waals surface area contributed by atoms with Crippen molar-refractivity contribution < 1.29 is 28.4 Å². The van der Waals surface area contributed by atoms with Crippen LogP contribution in [0.3, 0.4) is 0 Å². The smallest absolute Gasteiger partial charge is 0.231 e. The van der Waals surface area contributed by atoms with Gasteiger partial charge in [-0.05, 0) is 57.8 Å². The van der Waals surface area contributed by atoms with Crippen LogP contribution in [0.4, 0.5) is 0 Å². The van der Waals surface area contributed by atoms with Gasteiger partial charge < -0.3 is 28.4 Å². The van der Waals surface area contributed by atoms with Crippen molar-refractivity contribution in [2.45, 2.75) is 12.9 Å². The second-order valence-corrected chi connectivity index (χ2v) is 6.70. The maximum absolute atomic E-state index is 5.87. The molecule has 0 fully saturated rings. The Hall–Kier alpha value is -2.96. The van der Waals surface area contributed by atoms with Crippen molar-refractivity contribution in [1.82, 2.24) is 0 Å². The van der Waals surface area contributed by atoms with Gasteiger partial charge in [-0.1, -0.05) is 6.07 Å². The van der Waals surface area contributed by atoms with Crippen LogP contribution in [0.25, 0.3) is 21.9 Å². The SMILES string of the molecule is COc1cc2cc3c(c(-c4ccc5c(c4)OCO5)c2cc1OC)C(OC)OC3. The van der Waals surface area contributed by atoms with E-state index in [-0.39, 0.29) is 6.79 Å². The monoisotopic (exact) mass is 380 g/mol. The first-order valence-electron chi connectivity index (χ1n) is 8.99. The predicted molar refractivity (Wildman–Crippen MR) is 103 cm³/mol. The molecule has 5 rings (SSSR count). The maximum atomic E-state index is 5.87.